The van der Waals surface area contributed by atoms with Crippen molar-refractivity contribution >= 4 is 28.9 Å². The third-order valence-electron chi connectivity index (χ3n) is 1.98. The Morgan fingerprint density at radius 2 is 2.00 bits per heavy atom. The number of halogens is 2. The fourth-order valence-electron chi connectivity index (χ4n) is 0.978. The van der Waals surface area contributed by atoms with E-state index >= 15 is 0 Å². The number of hydrazine groups is 1. The predicted octanol–water partition coefficient (Wildman–Crippen LogP) is 3.60. The Kier molecular flexibility index (Phi) is 3.81. The van der Waals surface area contributed by atoms with E-state index in [4.69, 9.17) is 29.0 Å². The number of anilines is 1. The average molecular weight is 231 g/mol. The molecule has 2 nitrogen and oxygen atoms in total. The SMILES string of the molecule is CC=C(C)N(N)c1ccc(Cl)c(Cl)c1. The molecule has 0 bridgehead atoms. The van der Waals surface area contributed by atoms with E-state index in [0.29, 0.717) is 10.0 Å². The number of hydrogen-bond donors (Lipinski definition) is 1. The summed E-state index contributed by atoms with van der Waals surface area (Å²) in [6, 6.07) is 5.28. The van der Waals surface area contributed by atoms with Gasteiger partial charge in [0.05, 0.1) is 15.7 Å². The van der Waals surface area contributed by atoms with Crippen molar-refractivity contribution in [3.8, 4) is 0 Å². The van der Waals surface area contributed by atoms with Crippen molar-refractivity contribution in [1.82, 2.24) is 0 Å². The maximum atomic E-state index is 5.87. The number of rotatable bonds is 2. The van der Waals surface area contributed by atoms with Gasteiger partial charge in [0.2, 0.25) is 0 Å². The molecule has 1 aromatic rings. The van der Waals surface area contributed by atoms with Crippen LogP contribution in [0.1, 0.15) is 13.8 Å². The van der Waals surface area contributed by atoms with Crippen LogP contribution in [0.2, 0.25) is 10.0 Å². The van der Waals surface area contributed by atoms with Gasteiger partial charge in [0.1, 0.15) is 0 Å². The van der Waals surface area contributed by atoms with E-state index < -0.39 is 0 Å². The first-order valence-corrected chi connectivity index (χ1v) is 4.94. The van der Waals surface area contributed by atoms with Crippen molar-refractivity contribution in [2.75, 3.05) is 5.01 Å². The molecule has 0 unspecified atom stereocenters. The lowest BCUT2D eigenvalue weighted by molar-refractivity contribution is 0.991. The van der Waals surface area contributed by atoms with Gasteiger partial charge in [-0.15, -0.1) is 0 Å². The van der Waals surface area contributed by atoms with Crippen LogP contribution in [0.5, 0.6) is 0 Å². The zero-order valence-electron chi connectivity index (χ0n) is 8.09. The molecule has 0 fully saturated rings. The van der Waals surface area contributed by atoms with Crippen LogP contribution in [0.3, 0.4) is 0 Å². The quantitative estimate of drug-likeness (QED) is 0.622. The third kappa shape index (κ3) is 2.41. The highest BCUT2D eigenvalue weighted by atomic mass is 35.5. The number of hydrogen-bond acceptors (Lipinski definition) is 2. The molecule has 0 saturated carbocycles. The highest BCUT2D eigenvalue weighted by Crippen LogP contribution is 2.27. The van der Waals surface area contributed by atoms with E-state index in [1.807, 2.05) is 26.0 Å². The lowest BCUT2D eigenvalue weighted by atomic mass is 10.3. The molecule has 14 heavy (non-hydrogen) atoms. The molecule has 1 rings (SSSR count). The zero-order chi connectivity index (χ0) is 10.7. The van der Waals surface area contributed by atoms with Gasteiger partial charge in [0.25, 0.3) is 0 Å². The Balaban J connectivity index is 3.03. The standard InChI is InChI=1S/C10H12Cl2N2/c1-3-7(2)14(13)8-4-5-9(11)10(12)6-8/h3-6H,13H2,1-2H3. The summed E-state index contributed by atoms with van der Waals surface area (Å²) in [6.45, 7) is 3.84. The molecule has 0 spiro atoms. The summed E-state index contributed by atoms with van der Waals surface area (Å²) in [5.74, 6) is 5.83. The Morgan fingerprint density at radius 1 is 1.36 bits per heavy atom. The fourth-order valence-corrected chi connectivity index (χ4v) is 1.27. The van der Waals surface area contributed by atoms with Crippen LogP contribution in [-0.4, -0.2) is 0 Å². The van der Waals surface area contributed by atoms with Crippen molar-refractivity contribution in [2.24, 2.45) is 5.84 Å². The Labute approximate surface area is 93.9 Å². The van der Waals surface area contributed by atoms with Gasteiger partial charge >= 0.3 is 0 Å². The molecule has 0 aliphatic rings. The molecule has 0 saturated heterocycles. The maximum absolute atomic E-state index is 5.87. The smallest absolute Gasteiger partial charge is 0.0613 e. The van der Waals surface area contributed by atoms with Gasteiger partial charge in [-0.3, -0.25) is 5.01 Å². The van der Waals surface area contributed by atoms with Crippen LogP contribution >= 0.6 is 23.2 Å². The van der Waals surface area contributed by atoms with Crippen LogP contribution in [0.4, 0.5) is 5.69 Å². The van der Waals surface area contributed by atoms with Gasteiger partial charge in [-0.25, -0.2) is 5.84 Å². The predicted molar refractivity (Wildman–Crippen MR) is 62.6 cm³/mol. The average Bonchev–Trinajstić information content (AvgIpc) is 2.20. The Hall–Kier alpha value is -0.700. The first-order valence-electron chi connectivity index (χ1n) is 4.19. The first kappa shape index (κ1) is 11.4. The number of benzene rings is 1. The third-order valence-corrected chi connectivity index (χ3v) is 2.72. The first-order chi connectivity index (χ1) is 6.56. The van der Waals surface area contributed by atoms with Gasteiger partial charge in [-0.2, -0.15) is 0 Å². The molecule has 0 radical (unpaired) electrons. The summed E-state index contributed by atoms with van der Waals surface area (Å²) in [5, 5.41) is 2.59. The minimum Gasteiger partial charge on any atom is -0.284 e. The van der Waals surface area contributed by atoms with Crippen LogP contribution < -0.4 is 10.9 Å². The second-order valence-corrected chi connectivity index (χ2v) is 3.71. The van der Waals surface area contributed by atoms with E-state index in [1.165, 1.54) is 0 Å². The molecule has 0 heterocycles. The minimum absolute atomic E-state index is 0.503. The molecule has 0 aromatic heterocycles. The molecule has 0 aliphatic heterocycles. The molecule has 76 valence electrons. The Bertz CT molecular complexity index is 361. The molecular weight excluding hydrogens is 219 g/mol. The van der Waals surface area contributed by atoms with Gasteiger partial charge in [-0.1, -0.05) is 29.3 Å². The number of nitrogens with zero attached hydrogens (tertiary/aromatic N) is 1. The van der Waals surface area contributed by atoms with Crippen LogP contribution in [0.25, 0.3) is 0 Å². The van der Waals surface area contributed by atoms with Crippen molar-refractivity contribution in [3.05, 3.63) is 40.0 Å². The van der Waals surface area contributed by atoms with Crippen molar-refractivity contribution < 1.29 is 0 Å². The molecule has 0 aliphatic carbocycles. The molecule has 4 heteroatoms. The van der Waals surface area contributed by atoms with E-state index in [9.17, 15) is 0 Å². The van der Waals surface area contributed by atoms with Crippen LogP contribution in [-0.2, 0) is 0 Å². The van der Waals surface area contributed by atoms with Gasteiger partial charge in [-0.05, 0) is 32.0 Å². The van der Waals surface area contributed by atoms with Gasteiger partial charge < -0.3 is 0 Å². The summed E-state index contributed by atoms with van der Waals surface area (Å²) in [7, 11) is 0. The zero-order valence-corrected chi connectivity index (χ0v) is 9.60. The highest BCUT2D eigenvalue weighted by Gasteiger charge is 2.05. The summed E-state index contributed by atoms with van der Waals surface area (Å²) in [6.07, 6.45) is 1.92. The topological polar surface area (TPSA) is 29.3 Å². The van der Waals surface area contributed by atoms with Crippen molar-refractivity contribution in [2.45, 2.75) is 13.8 Å². The molecular formula is C10H12Cl2N2. The second kappa shape index (κ2) is 4.69. The monoisotopic (exact) mass is 230 g/mol. The summed E-state index contributed by atoms with van der Waals surface area (Å²) in [4.78, 5) is 0. The van der Waals surface area contributed by atoms with Crippen molar-refractivity contribution in [1.29, 1.82) is 0 Å². The summed E-state index contributed by atoms with van der Waals surface area (Å²) in [5.41, 5.74) is 1.76. The largest absolute Gasteiger partial charge is 0.284 e. The maximum Gasteiger partial charge on any atom is 0.0613 e. The van der Waals surface area contributed by atoms with E-state index in [-0.39, 0.29) is 0 Å². The Morgan fingerprint density at radius 3 is 2.50 bits per heavy atom. The lowest BCUT2D eigenvalue weighted by Gasteiger charge is -2.19. The summed E-state index contributed by atoms with van der Waals surface area (Å²) < 4.78 is 0. The molecule has 0 atom stereocenters. The summed E-state index contributed by atoms with van der Waals surface area (Å²) >= 11 is 11.7. The van der Waals surface area contributed by atoms with Gasteiger partial charge in [0.15, 0.2) is 0 Å². The number of nitrogens with two attached hydrogens (primary N) is 1. The fraction of sp³-hybridized carbons (Fsp3) is 0.200. The lowest BCUT2D eigenvalue weighted by Crippen LogP contribution is -2.28. The minimum atomic E-state index is 0.503. The van der Waals surface area contributed by atoms with Gasteiger partial charge in [0, 0.05) is 5.70 Å². The number of allylic oxidation sites excluding steroid dienone is 2. The molecule has 1 aromatic carbocycles. The van der Waals surface area contributed by atoms with Crippen molar-refractivity contribution in [3.63, 3.8) is 0 Å². The molecule has 0 amide bonds. The van der Waals surface area contributed by atoms with Crippen LogP contribution in [0, 0.1) is 0 Å². The second-order valence-electron chi connectivity index (χ2n) is 2.90. The normalized spacial score (nSPS) is 11.6. The van der Waals surface area contributed by atoms with E-state index in [1.54, 1.807) is 17.1 Å². The van der Waals surface area contributed by atoms with E-state index in [2.05, 4.69) is 0 Å². The molecule has 2 N–H and O–H groups in total. The highest BCUT2D eigenvalue weighted by molar-refractivity contribution is 6.42. The van der Waals surface area contributed by atoms with E-state index in [0.717, 1.165) is 11.4 Å². The van der Waals surface area contributed by atoms with Crippen LogP contribution in [0.15, 0.2) is 30.0 Å².